The Hall–Kier alpha value is -2.25. The van der Waals surface area contributed by atoms with Crippen molar-refractivity contribution in [1.82, 2.24) is 4.90 Å². The van der Waals surface area contributed by atoms with Gasteiger partial charge in [0.15, 0.2) is 32.0 Å². The van der Waals surface area contributed by atoms with Crippen LogP contribution in [-0.2, 0) is 35.6 Å². The lowest BCUT2D eigenvalue weighted by Gasteiger charge is -2.20. The van der Waals surface area contributed by atoms with Crippen LogP contribution in [0.3, 0.4) is 0 Å². The van der Waals surface area contributed by atoms with Crippen LogP contribution in [0.5, 0.6) is 0 Å². The average Bonchev–Trinajstić information content (AvgIpc) is 2.83. The number of ether oxygens (including phenoxy) is 1. The molecule has 0 unspecified atom stereocenters. The van der Waals surface area contributed by atoms with E-state index < -0.39 is 67.2 Å². The van der Waals surface area contributed by atoms with Gasteiger partial charge in [-0.05, 0) is 18.6 Å². The van der Waals surface area contributed by atoms with Crippen molar-refractivity contribution in [3.63, 3.8) is 0 Å². The van der Waals surface area contributed by atoms with Gasteiger partial charge in [0, 0.05) is 43.3 Å². The molecule has 15 heteroatoms. The highest BCUT2D eigenvalue weighted by Crippen LogP contribution is 2.32. The maximum atomic E-state index is 12.7. The van der Waals surface area contributed by atoms with E-state index in [-0.39, 0.29) is 29.9 Å². The van der Waals surface area contributed by atoms with Crippen LogP contribution >= 0.6 is 34.8 Å². The van der Waals surface area contributed by atoms with E-state index in [2.05, 4.69) is 17.9 Å². The number of carbonyl (C=O) groups excluding carboxylic acids is 4. The van der Waals surface area contributed by atoms with Gasteiger partial charge in [-0.25, -0.2) is 8.42 Å². The van der Waals surface area contributed by atoms with Crippen LogP contribution in [0.15, 0.2) is 42.3 Å². The first kappa shape index (κ1) is 35.8. The quantitative estimate of drug-likeness (QED) is 0.145. The summed E-state index contributed by atoms with van der Waals surface area (Å²) in [5.41, 5.74) is -0.650. The molecule has 222 valence electrons. The Morgan fingerprint density at radius 3 is 2.08 bits per heavy atom. The number of sulfone groups is 1. The molecule has 0 saturated heterocycles. The summed E-state index contributed by atoms with van der Waals surface area (Å²) in [4.78, 5) is 47.9. The Balaban J connectivity index is 0.000000562. The maximum absolute atomic E-state index is 12.7. The molecule has 0 aromatic heterocycles. The van der Waals surface area contributed by atoms with E-state index in [9.17, 15) is 40.8 Å². The first-order chi connectivity index (χ1) is 18.5. The number of nitrogens with zero attached hydrogens (tertiary/aromatic N) is 1. The second-order valence-corrected chi connectivity index (χ2v) is 11.9. The molecule has 0 heterocycles. The van der Waals surface area contributed by atoms with Gasteiger partial charge in [0.25, 0.3) is 5.91 Å². The molecule has 1 aliphatic rings. The first-order valence-electron chi connectivity index (χ1n) is 11.5. The number of rotatable bonds is 11. The molecule has 1 amide bonds. The standard InChI is InChI=1S/C17H16ClF3O6S.C8H11Cl2NO/c1-28(25,26)13-6-5-9(15(18)10(13)7-27-8-17(19,20)21)16(24)14-11(22)3-2-4-12(14)23;1-3-5-11(6-4-2)8(12)7(9)10/h5-6,14H,2-4,7-8H2,1H3;3-4,7H,1-2,5-6H2. The molecular weight excluding hydrogens is 622 g/mol. The van der Waals surface area contributed by atoms with Gasteiger partial charge in [-0.1, -0.05) is 47.0 Å². The summed E-state index contributed by atoms with van der Waals surface area (Å²) in [7, 11) is -3.90. The second kappa shape index (κ2) is 15.7. The van der Waals surface area contributed by atoms with Crippen LogP contribution in [0.1, 0.15) is 35.2 Å². The van der Waals surface area contributed by atoms with Crippen LogP contribution < -0.4 is 0 Å². The summed E-state index contributed by atoms with van der Waals surface area (Å²) in [6, 6.07) is 2.04. The number of Topliss-reactive ketones (excluding diaryl/α,β-unsaturated/α-hetero) is 3. The molecule has 40 heavy (non-hydrogen) atoms. The summed E-state index contributed by atoms with van der Waals surface area (Å²) in [6.45, 7) is 5.41. The largest absolute Gasteiger partial charge is 0.411 e. The lowest BCUT2D eigenvalue weighted by molar-refractivity contribution is -0.176. The second-order valence-electron chi connectivity index (χ2n) is 8.49. The Bertz CT molecular complexity index is 1220. The fourth-order valence-electron chi connectivity index (χ4n) is 3.60. The van der Waals surface area contributed by atoms with E-state index in [1.807, 2.05) is 0 Å². The van der Waals surface area contributed by atoms with Crippen molar-refractivity contribution in [3.8, 4) is 0 Å². The zero-order chi connectivity index (χ0) is 30.8. The molecule has 8 nitrogen and oxygen atoms in total. The fourth-order valence-corrected chi connectivity index (χ4v) is 5.17. The summed E-state index contributed by atoms with van der Waals surface area (Å²) in [6.07, 6.45) is -0.187. The lowest BCUT2D eigenvalue weighted by atomic mass is 9.81. The fraction of sp³-hybridized carbons (Fsp3) is 0.440. The van der Waals surface area contributed by atoms with Crippen LogP contribution in [0.4, 0.5) is 13.2 Å². The van der Waals surface area contributed by atoms with Crippen LogP contribution in [0, 0.1) is 5.92 Å². The van der Waals surface area contributed by atoms with E-state index in [1.165, 1.54) is 4.90 Å². The molecule has 1 aromatic rings. The summed E-state index contributed by atoms with van der Waals surface area (Å²) < 4.78 is 65.3. The maximum Gasteiger partial charge on any atom is 0.411 e. The van der Waals surface area contributed by atoms with Gasteiger partial charge in [-0.2, -0.15) is 13.2 Å². The minimum atomic E-state index is -4.65. The van der Waals surface area contributed by atoms with Gasteiger partial charge in [0.05, 0.1) is 16.5 Å². The molecule has 2 rings (SSSR count). The van der Waals surface area contributed by atoms with Crippen molar-refractivity contribution >= 4 is 67.9 Å². The van der Waals surface area contributed by atoms with Crippen molar-refractivity contribution in [3.05, 3.63) is 53.6 Å². The number of carbonyl (C=O) groups is 4. The van der Waals surface area contributed by atoms with Crippen molar-refractivity contribution < 1.29 is 45.5 Å². The monoisotopic (exact) mass is 647 g/mol. The van der Waals surface area contributed by atoms with Gasteiger partial charge >= 0.3 is 6.18 Å². The molecule has 0 N–H and O–H groups in total. The molecule has 1 aromatic carbocycles. The van der Waals surface area contributed by atoms with Crippen molar-refractivity contribution in [2.24, 2.45) is 5.92 Å². The van der Waals surface area contributed by atoms with Crippen LogP contribution in [-0.4, -0.2) is 73.5 Å². The zero-order valence-corrected chi connectivity index (χ0v) is 24.4. The minimum absolute atomic E-state index is 0.0444. The number of hydrogen-bond donors (Lipinski definition) is 0. The normalized spacial score (nSPS) is 14.4. The molecule has 1 fully saturated rings. The Morgan fingerprint density at radius 2 is 1.65 bits per heavy atom. The first-order valence-corrected chi connectivity index (χ1v) is 14.6. The van der Waals surface area contributed by atoms with E-state index in [4.69, 9.17) is 34.8 Å². The predicted molar refractivity (Wildman–Crippen MR) is 144 cm³/mol. The average molecular weight is 649 g/mol. The SMILES string of the molecule is C=CCN(CC=C)C(=O)C(Cl)Cl.CS(=O)(=O)c1ccc(C(=O)C2C(=O)CCCC2=O)c(Cl)c1COCC(F)(F)F. The van der Waals surface area contributed by atoms with Crippen molar-refractivity contribution in [1.29, 1.82) is 0 Å². The Labute approximate surface area is 245 Å². The smallest absolute Gasteiger partial charge is 0.367 e. The lowest BCUT2D eigenvalue weighted by Crippen LogP contribution is -2.35. The van der Waals surface area contributed by atoms with Crippen molar-refractivity contribution in [2.45, 2.75) is 41.8 Å². The third-order valence-electron chi connectivity index (χ3n) is 5.33. The molecule has 0 aliphatic heterocycles. The number of hydrogen-bond acceptors (Lipinski definition) is 7. The number of ketones is 3. The molecule has 1 saturated carbocycles. The number of amides is 1. The van der Waals surface area contributed by atoms with E-state index in [1.54, 1.807) is 12.2 Å². The van der Waals surface area contributed by atoms with Crippen LogP contribution in [0.2, 0.25) is 5.02 Å². The Morgan fingerprint density at radius 1 is 1.12 bits per heavy atom. The molecule has 0 spiro atoms. The zero-order valence-electron chi connectivity index (χ0n) is 21.3. The molecular formula is C25H27Cl3F3NO7S. The van der Waals surface area contributed by atoms with Crippen LogP contribution in [0.25, 0.3) is 0 Å². The summed E-state index contributed by atoms with van der Waals surface area (Å²) in [5.74, 6) is -3.91. The van der Waals surface area contributed by atoms with Gasteiger partial charge in [-0.3, -0.25) is 19.2 Å². The molecule has 0 atom stereocenters. The predicted octanol–water partition coefficient (Wildman–Crippen LogP) is 4.93. The van der Waals surface area contributed by atoms with Gasteiger partial charge in [0.1, 0.15) is 12.5 Å². The highest BCUT2D eigenvalue weighted by atomic mass is 35.5. The number of alkyl halides is 5. The molecule has 1 aliphatic carbocycles. The molecule has 0 bridgehead atoms. The third-order valence-corrected chi connectivity index (χ3v) is 7.31. The number of halogens is 6. The molecule has 0 radical (unpaired) electrons. The Kier molecular flexibility index (Phi) is 14.0. The number of benzene rings is 1. The van der Waals surface area contributed by atoms with Crippen molar-refractivity contribution in [2.75, 3.05) is 26.0 Å². The van der Waals surface area contributed by atoms with E-state index >= 15 is 0 Å². The van der Waals surface area contributed by atoms with Gasteiger partial charge in [0.2, 0.25) is 0 Å². The van der Waals surface area contributed by atoms with Gasteiger partial charge < -0.3 is 9.64 Å². The van der Waals surface area contributed by atoms with E-state index in [0.717, 1.165) is 18.4 Å². The highest BCUT2D eigenvalue weighted by Gasteiger charge is 2.38. The topological polar surface area (TPSA) is 115 Å². The summed E-state index contributed by atoms with van der Waals surface area (Å²) in [5, 5.41) is -0.457. The summed E-state index contributed by atoms with van der Waals surface area (Å²) >= 11 is 16.9. The van der Waals surface area contributed by atoms with Gasteiger partial charge in [-0.15, -0.1) is 13.2 Å². The van der Waals surface area contributed by atoms with E-state index in [0.29, 0.717) is 19.5 Å². The third kappa shape index (κ3) is 10.6. The highest BCUT2D eigenvalue weighted by molar-refractivity contribution is 7.90. The minimum Gasteiger partial charge on any atom is -0.367 e.